The minimum Gasteiger partial charge on any atom is -0.376 e. The molecule has 4 heteroatoms. The van der Waals surface area contributed by atoms with Gasteiger partial charge >= 0.3 is 0 Å². The average molecular weight is 227 g/mol. The van der Waals surface area contributed by atoms with Crippen molar-refractivity contribution in [3.8, 4) is 0 Å². The Hall–Kier alpha value is -0.770. The van der Waals surface area contributed by atoms with E-state index in [1.165, 1.54) is 6.42 Å². The quantitative estimate of drug-likeness (QED) is 0.571. The molecule has 2 N–H and O–H groups in total. The van der Waals surface area contributed by atoms with Crippen LogP contribution in [0.1, 0.15) is 33.6 Å². The Morgan fingerprint density at radius 3 is 2.81 bits per heavy atom. The first kappa shape index (κ1) is 13.3. The molecular formula is C12H25N3O. The van der Waals surface area contributed by atoms with Crippen molar-refractivity contribution in [3.05, 3.63) is 0 Å². The third-order valence-electron chi connectivity index (χ3n) is 2.77. The van der Waals surface area contributed by atoms with Crippen LogP contribution in [0, 0.1) is 5.92 Å². The number of hydrogen-bond acceptors (Lipinski definition) is 2. The molecule has 0 aromatic carbocycles. The molecule has 0 spiro atoms. The Bertz CT molecular complexity index is 222. The summed E-state index contributed by atoms with van der Waals surface area (Å²) in [7, 11) is 0. The van der Waals surface area contributed by atoms with Gasteiger partial charge in [0.25, 0.3) is 0 Å². The minimum absolute atomic E-state index is 0.341. The van der Waals surface area contributed by atoms with Crippen LogP contribution in [0.2, 0.25) is 0 Å². The summed E-state index contributed by atoms with van der Waals surface area (Å²) in [5, 5.41) is 0. The summed E-state index contributed by atoms with van der Waals surface area (Å²) < 4.78 is 5.61. The molecule has 0 aromatic rings. The Balaban J connectivity index is 2.42. The summed E-state index contributed by atoms with van der Waals surface area (Å²) >= 11 is 0. The highest BCUT2D eigenvalue weighted by molar-refractivity contribution is 5.78. The number of guanidine groups is 1. The van der Waals surface area contributed by atoms with Crippen molar-refractivity contribution in [2.24, 2.45) is 16.6 Å². The summed E-state index contributed by atoms with van der Waals surface area (Å²) in [6.07, 6.45) is 2.66. The van der Waals surface area contributed by atoms with Gasteiger partial charge in [0.2, 0.25) is 0 Å². The van der Waals surface area contributed by atoms with E-state index in [4.69, 9.17) is 10.5 Å². The normalized spacial score (nSPS) is 21.8. The molecule has 1 aliphatic heterocycles. The highest BCUT2D eigenvalue weighted by Crippen LogP contribution is 2.13. The van der Waals surface area contributed by atoms with Crippen LogP contribution in [-0.4, -0.2) is 43.2 Å². The van der Waals surface area contributed by atoms with Crippen LogP contribution in [-0.2, 0) is 4.74 Å². The number of hydrogen-bond donors (Lipinski definition) is 1. The first-order chi connectivity index (χ1) is 7.63. The van der Waals surface area contributed by atoms with Crippen LogP contribution in [0.15, 0.2) is 4.99 Å². The van der Waals surface area contributed by atoms with Gasteiger partial charge in [-0.1, -0.05) is 13.8 Å². The summed E-state index contributed by atoms with van der Waals surface area (Å²) in [6.45, 7) is 9.86. The van der Waals surface area contributed by atoms with Crippen LogP contribution in [0.25, 0.3) is 0 Å². The third-order valence-corrected chi connectivity index (χ3v) is 2.77. The maximum Gasteiger partial charge on any atom is 0.191 e. The maximum atomic E-state index is 5.98. The monoisotopic (exact) mass is 227 g/mol. The van der Waals surface area contributed by atoms with E-state index in [1.807, 2.05) is 0 Å². The number of nitrogens with zero attached hydrogens (tertiary/aromatic N) is 2. The fourth-order valence-corrected chi connectivity index (χ4v) is 1.79. The van der Waals surface area contributed by atoms with Crippen molar-refractivity contribution in [2.75, 3.05) is 26.2 Å². The SMILES string of the molecule is CCN(CC1CCCO1)C(N)=NCC(C)C. The molecule has 0 amide bonds. The van der Waals surface area contributed by atoms with Gasteiger partial charge in [0, 0.05) is 26.2 Å². The molecule has 0 radical (unpaired) electrons. The molecule has 16 heavy (non-hydrogen) atoms. The van der Waals surface area contributed by atoms with Gasteiger partial charge in [0.1, 0.15) is 0 Å². The largest absolute Gasteiger partial charge is 0.376 e. The highest BCUT2D eigenvalue weighted by atomic mass is 16.5. The number of nitrogens with two attached hydrogens (primary N) is 1. The number of likely N-dealkylation sites (N-methyl/N-ethyl adjacent to an activating group) is 1. The van der Waals surface area contributed by atoms with E-state index in [0.717, 1.165) is 32.7 Å². The summed E-state index contributed by atoms with van der Waals surface area (Å²) in [5.74, 6) is 1.21. The lowest BCUT2D eigenvalue weighted by Gasteiger charge is -2.25. The lowest BCUT2D eigenvalue weighted by atomic mass is 10.2. The molecule has 1 atom stereocenters. The van der Waals surface area contributed by atoms with E-state index < -0.39 is 0 Å². The van der Waals surface area contributed by atoms with Crippen molar-refractivity contribution < 1.29 is 4.74 Å². The van der Waals surface area contributed by atoms with Gasteiger partial charge in [0.05, 0.1) is 6.10 Å². The van der Waals surface area contributed by atoms with Gasteiger partial charge in [-0.25, -0.2) is 0 Å². The molecular weight excluding hydrogens is 202 g/mol. The van der Waals surface area contributed by atoms with E-state index in [0.29, 0.717) is 18.0 Å². The van der Waals surface area contributed by atoms with Gasteiger partial charge in [-0.05, 0) is 25.7 Å². The van der Waals surface area contributed by atoms with E-state index >= 15 is 0 Å². The zero-order chi connectivity index (χ0) is 12.0. The molecule has 1 fully saturated rings. The van der Waals surface area contributed by atoms with Crippen molar-refractivity contribution in [3.63, 3.8) is 0 Å². The topological polar surface area (TPSA) is 50.9 Å². The maximum absolute atomic E-state index is 5.98. The average Bonchev–Trinajstić information content (AvgIpc) is 2.75. The molecule has 1 aliphatic rings. The molecule has 0 bridgehead atoms. The fourth-order valence-electron chi connectivity index (χ4n) is 1.79. The van der Waals surface area contributed by atoms with Crippen molar-refractivity contribution in [2.45, 2.75) is 39.7 Å². The lowest BCUT2D eigenvalue weighted by molar-refractivity contribution is 0.0919. The number of ether oxygens (including phenoxy) is 1. The molecule has 1 unspecified atom stereocenters. The lowest BCUT2D eigenvalue weighted by Crippen LogP contribution is -2.42. The van der Waals surface area contributed by atoms with Gasteiger partial charge < -0.3 is 15.4 Å². The molecule has 0 aliphatic carbocycles. The predicted octanol–water partition coefficient (Wildman–Crippen LogP) is 1.46. The van der Waals surface area contributed by atoms with Gasteiger partial charge in [-0.2, -0.15) is 0 Å². The molecule has 1 heterocycles. The smallest absolute Gasteiger partial charge is 0.191 e. The van der Waals surface area contributed by atoms with Crippen LogP contribution in [0.3, 0.4) is 0 Å². The molecule has 1 rings (SSSR count). The number of rotatable bonds is 5. The third kappa shape index (κ3) is 4.39. The highest BCUT2D eigenvalue weighted by Gasteiger charge is 2.19. The Morgan fingerprint density at radius 1 is 1.56 bits per heavy atom. The van der Waals surface area contributed by atoms with Crippen molar-refractivity contribution in [1.29, 1.82) is 0 Å². The van der Waals surface area contributed by atoms with Crippen molar-refractivity contribution in [1.82, 2.24) is 4.90 Å². The second-order valence-electron chi connectivity index (χ2n) is 4.77. The van der Waals surface area contributed by atoms with E-state index in [9.17, 15) is 0 Å². The molecule has 4 nitrogen and oxygen atoms in total. The molecule has 1 saturated heterocycles. The van der Waals surface area contributed by atoms with Crippen LogP contribution in [0.4, 0.5) is 0 Å². The first-order valence-electron chi connectivity index (χ1n) is 6.30. The summed E-state index contributed by atoms with van der Waals surface area (Å²) in [4.78, 5) is 6.51. The zero-order valence-corrected chi connectivity index (χ0v) is 10.8. The summed E-state index contributed by atoms with van der Waals surface area (Å²) in [5.41, 5.74) is 5.98. The van der Waals surface area contributed by atoms with Gasteiger partial charge in [-0.15, -0.1) is 0 Å². The van der Waals surface area contributed by atoms with Crippen LogP contribution >= 0.6 is 0 Å². The Kier molecular flexibility index (Phi) is 5.60. The van der Waals surface area contributed by atoms with E-state index in [-0.39, 0.29) is 0 Å². The fraction of sp³-hybridized carbons (Fsp3) is 0.917. The minimum atomic E-state index is 0.341. The molecule has 0 saturated carbocycles. The predicted molar refractivity (Wildman–Crippen MR) is 67.5 cm³/mol. The number of aliphatic imine (C=N–C) groups is 1. The second kappa shape index (κ2) is 6.74. The van der Waals surface area contributed by atoms with E-state index in [2.05, 4.69) is 30.7 Å². The zero-order valence-electron chi connectivity index (χ0n) is 10.8. The summed E-state index contributed by atoms with van der Waals surface area (Å²) in [6, 6.07) is 0. The molecule has 94 valence electrons. The Morgan fingerprint density at radius 2 is 2.31 bits per heavy atom. The van der Waals surface area contributed by atoms with E-state index in [1.54, 1.807) is 0 Å². The standard InChI is InChI=1S/C12H25N3O/c1-4-15(9-11-6-5-7-16-11)12(13)14-8-10(2)3/h10-11H,4-9H2,1-3H3,(H2,13,14). The first-order valence-corrected chi connectivity index (χ1v) is 6.30. The van der Waals surface area contributed by atoms with Crippen LogP contribution < -0.4 is 5.73 Å². The van der Waals surface area contributed by atoms with Gasteiger partial charge in [-0.3, -0.25) is 4.99 Å². The second-order valence-corrected chi connectivity index (χ2v) is 4.77. The molecule has 0 aromatic heterocycles. The van der Waals surface area contributed by atoms with Crippen LogP contribution in [0.5, 0.6) is 0 Å². The van der Waals surface area contributed by atoms with Crippen molar-refractivity contribution >= 4 is 5.96 Å². The Labute approximate surface area is 98.9 Å². The van der Waals surface area contributed by atoms with Gasteiger partial charge in [0.15, 0.2) is 5.96 Å².